The van der Waals surface area contributed by atoms with E-state index in [0.717, 1.165) is 5.69 Å². The molecule has 1 amide bonds. The third kappa shape index (κ3) is 3.14. The Morgan fingerprint density at radius 3 is 2.96 bits per heavy atom. The number of carbonyl (C=O) groups is 1. The number of aryl methyl sites for hydroxylation is 1. The lowest BCUT2D eigenvalue weighted by molar-refractivity contribution is 0.102. The predicted molar refractivity (Wildman–Crippen MR) is 83.3 cm³/mol. The highest BCUT2D eigenvalue weighted by Gasteiger charge is 2.22. The molecule has 0 saturated carbocycles. The van der Waals surface area contributed by atoms with Crippen LogP contribution in [0.15, 0.2) is 18.3 Å². The molecule has 0 spiro atoms. The molecule has 1 aliphatic heterocycles. The Morgan fingerprint density at radius 2 is 2.26 bits per heavy atom. The van der Waals surface area contributed by atoms with Crippen molar-refractivity contribution in [2.24, 2.45) is 0 Å². The van der Waals surface area contributed by atoms with Crippen LogP contribution in [0.1, 0.15) is 21.6 Å². The van der Waals surface area contributed by atoms with Crippen LogP contribution < -0.4 is 10.2 Å². The fourth-order valence-corrected chi connectivity index (χ4v) is 2.41. The molecule has 3 heterocycles. The Bertz CT molecular complexity index is 758. The number of aromatic nitrogens is 3. The topological polar surface area (TPSA) is 107 Å². The molecular weight excluding hydrogens is 296 g/mol. The number of amides is 1. The van der Waals surface area contributed by atoms with Gasteiger partial charge in [0.2, 0.25) is 0 Å². The molecular formula is C15H16N6O2. The van der Waals surface area contributed by atoms with Gasteiger partial charge in [-0.15, -0.1) is 0 Å². The summed E-state index contributed by atoms with van der Waals surface area (Å²) in [7, 11) is 0. The number of carbonyl (C=O) groups excluding carboxylic acids is 1. The molecule has 3 rings (SSSR count). The van der Waals surface area contributed by atoms with Crippen LogP contribution in [-0.2, 0) is 4.74 Å². The Hall–Kier alpha value is -2.92. The van der Waals surface area contributed by atoms with E-state index in [1.54, 1.807) is 18.3 Å². The number of anilines is 2. The van der Waals surface area contributed by atoms with Crippen LogP contribution in [0, 0.1) is 18.3 Å². The van der Waals surface area contributed by atoms with E-state index in [9.17, 15) is 10.1 Å². The number of rotatable bonds is 3. The second-order valence-corrected chi connectivity index (χ2v) is 5.15. The van der Waals surface area contributed by atoms with Crippen LogP contribution in [0.3, 0.4) is 0 Å². The van der Waals surface area contributed by atoms with Gasteiger partial charge in [0.05, 0.1) is 13.2 Å². The van der Waals surface area contributed by atoms with E-state index in [4.69, 9.17) is 4.74 Å². The average Bonchev–Trinajstić information content (AvgIpc) is 2.98. The second-order valence-electron chi connectivity index (χ2n) is 5.15. The van der Waals surface area contributed by atoms with Crippen LogP contribution in [0.2, 0.25) is 0 Å². The van der Waals surface area contributed by atoms with Crippen molar-refractivity contribution in [3.63, 3.8) is 0 Å². The molecule has 0 bridgehead atoms. The van der Waals surface area contributed by atoms with Gasteiger partial charge in [-0.25, -0.2) is 0 Å². The van der Waals surface area contributed by atoms with Crippen molar-refractivity contribution in [1.29, 1.82) is 5.26 Å². The number of H-pyrrole nitrogens is 1. The van der Waals surface area contributed by atoms with Crippen molar-refractivity contribution in [2.45, 2.75) is 6.92 Å². The molecule has 23 heavy (non-hydrogen) atoms. The standard InChI is InChI=1S/C15H16N6O2/c1-10-8-11(2-3-17-10)15(22)18-13-12(9-16)14(20-19-13)21-4-6-23-7-5-21/h2-3,8H,4-7H2,1H3,(H2,18,19,20,22). The fraction of sp³-hybridized carbons (Fsp3) is 0.333. The van der Waals surface area contributed by atoms with Gasteiger partial charge in [0.15, 0.2) is 5.82 Å². The highest BCUT2D eigenvalue weighted by Crippen LogP contribution is 2.24. The Labute approximate surface area is 133 Å². The third-order valence-electron chi connectivity index (χ3n) is 3.57. The summed E-state index contributed by atoms with van der Waals surface area (Å²) in [4.78, 5) is 18.3. The quantitative estimate of drug-likeness (QED) is 0.878. The molecule has 1 aliphatic rings. The lowest BCUT2D eigenvalue weighted by Gasteiger charge is -2.26. The first-order chi connectivity index (χ1) is 11.2. The van der Waals surface area contributed by atoms with Gasteiger partial charge in [-0.1, -0.05) is 0 Å². The van der Waals surface area contributed by atoms with Crippen LogP contribution in [-0.4, -0.2) is 47.4 Å². The maximum Gasteiger partial charge on any atom is 0.256 e. The zero-order chi connectivity index (χ0) is 16.2. The summed E-state index contributed by atoms with van der Waals surface area (Å²) in [5, 5.41) is 19.0. The van der Waals surface area contributed by atoms with Crippen molar-refractivity contribution >= 4 is 17.5 Å². The second kappa shape index (κ2) is 6.46. The number of hydrogen-bond acceptors (Lipinski definition) is 6. The van der Waals surface area contributed by atoms with E-state index < -0.39 is 0 Å². The number of hydrogen-bond donors (Lipinski definition) is 2. The van der Waals surface area contributed by atoms with Gasteiger partial charge in [0.25, 0.3) is 5.91 Å². The van der Waals surface area contributed by atoms with Crippen molar-refractivity contribution < 1.29 is 9.53 Å². The first kappa shape index (κ1) is 15.0. The number of ether oxygens (including phenoxy) is 1. The minimum absolute atomic E-state index is 0.299. The molecule has 1 fully saturated rings. The van der Waals surface area contributed by atoms with Crippen LogP contribution >= 0.6 is 0 Å². The summed E-state index contributed by atoms with van der Waals surface area (Å²) in [6.07, 6.45) is 1.57. The zero-order valence-electron chi connectivity index (χ0n) is 12.7. The summed E-state index contributed by atoms with van der Waals surface area (Å²) in [5.74, 6) is 0.523. The zero-order valence-corrected chi connectivity index (χ0v) is 12.7. The first-order valence-corrected chi connectivity index (χ1v) is 7.24. The van der Waals surface area contributed by atoms with Crippen molar-refractivity contribution in [1.82, 2.24) is 15.2 Å². The van der Waals surface area contributed by atoms with Crippen molar-refractivity contribution in [2.75, 3.05) is 36.5 Å². The maximum absolute atomic E-state index is 12.3. The summed E-state index contributed by atoms with van der Waals surface area (Å²) in [6, 6.07) is 5.41. The highest BCUT2D eigenvalue weighted by atomic mass is 16.5. The normalized spacial score (nSPS) is 14.3. The molecule has 0 atom stereocenters. The molecule has 8 heteroatoms. The largest absolute Gasteiger partial charge is 0.378 e. The van der Waals surface area contributed by atoms with Gasteiger partial charge < -0.3 is 15.0 Å². The predicted octanol–water partition coefficient (Wildman–Crippen LogP) is 1.07. The molecule has 0 unspecified atom stereocenters. The Balaban J connectivity index is 1.82. The molecule has 1 saturated heterocycles. The molecule has 2 aromatic rings. The Morgan fingerprint density at radius 1 is 1.48 bits per heavy atom. The van der Waals surface area contributed by atoms with E-state index in [2.05, 4.69) is 26.6 Å². The van der Waals surface area contributed by atoms with E-state index >= 15 is 0 Å². The third-order valence-corrected chi connectivity index (χ3v) is 3.57. The number of nitrogens with zero attached hydrogens (tertiary/aromatic N) is 4. The van der Waals surface area contributed by atoms with Gasteiger partial charge in [0.1, 0.15) is 17.5 Å². The van der Waals surface area contributed by atoms with E-state index in [1.807, 2.05) is 11.8 Å². The fourth-order valence-electron chi connectivity index (χ4n) is 2.41. The lowest BCUT2D eigenvalue weighted by atomic mass is 10.2. The van der Waals surface area contributed by atoms with Gasteiger partial charge in [-0.05, 0) is 19.1 Å². The first-order valence-electron chi connectivity index (χ1n) is 7.24. The molecule has 8 nitrogen and oxygen atoms in total. The number of aromatic amines is 1. The lowest BCUT2D eigenvalue weighted by Crippen LogP contribution is -2.36. The highest BCUT2D eigenvalue weighted by molar-refractivity contribution is 6.04. The average molecular weight is 312 g/mol. The number of nitriles is 1. The van der Waals surface area contributed by atoms with Crippen LogP contribution in [0.25, 0.3) is 0 Å². The Kier molecular flexibility index (Phi) is 4.21. The minimum atomic E-state index is -0.316. The van der Waals surface area contributed by atoms with Gasteiger partial charge in [0, 0.05) is 30.5 Å². The van der Waals surface area contributed by atoms with Gasteiger partial charge in [-0.2, -0.15) is 10.4 Å². The molecule has 0 radical (unpaired) electrons. The molecule has 118 valence electrons. The molecule has 0 aliphatic carbocycles. The summed E-state index contributed by atoms with van der Waals surface area (Å²) >= 11 is 0. The summed E-state index contributed by atoms with van der Waals surface area (Å²) in [5.41, 5.74) is 1.55. The van der Waals surface area contributed by atoms with Crippen LogP contribution in [0.4, 0.5) is 11.6 Å². The maximum atomic E-state index is 12.3. The number of pyridine rings is 1. The smallest absolute Gasteiger partial charge is 0.256 e. The van der Waals surface area contributed by atoms with E-state index in [-0.39, 0.29) is 5.91 Å². The van der Waals surface area contributed by atoms with Crippen molar-refractivity contribution in [3.8, 4) is 6.07 Å². The summed E-state index contributed by atoms with van der Waals surface area (Å²) < 4.78 is 5.30. The SMILES string of the molecule is Cc1cc(C(=O)Nc2[nH]nc(N3CCOCC3)c2C#N)ccn1. The van der Waals surface area contributed by atoms with Crippen molar-refractivity contribution in [3.05, 3.63) is 35.2 Å². The molecule has 2 N–H and O–H groups in total. The minimum Gasteiger partial charge on any atom is -0.378 e. The number of morpholine rings is 1. The molecule has 0 aromatic carbocycles. The van der Waals surface area contributed by atoms with Gasteiger partial charge in [-0.3, -0.25) is 14.9 Å². The van der Waals surface area contributed by atoms with Crippen LogP contribution in [0.5, 0.6) is 0 Å². The van der Waals surface area contributed by atoms with E-state index in [1.165, 1.54) is 0 Å². The number of nitrogens with one attached hydrogen (secondary N) is 2. The monoisotopic (exact) mass is 312 g/mol. The van der Waals surface area contributed by atoms with Gasteiger partial charge >= 0.3 is 0 Å². The summed E-state index contributed by atoms with van der Waals surface area (Å²) in [6.45, 7) is 4.32. The van der Waals surface area contributed by atoms with E-state index in [0.29, 0.717) is 49.1 Å². The molecule has 2 aromatic heterocycles.